The highest BCUT2D eigenvalue weighted by molar-refractivity contribution is 8.00. The molecular weight excluding hydrogens is 320 g/mol. The molecular formula is C16H23ClN2O2S. The summed E-state index contributed by atoms with van der Waals surface area (Å²) in [5.41, 5.74) is 1.03. The van der Waals surface area contributed by atoms with Crippen LogP contribution in [0.4, 0.5) is 4.79 Å². The molecule has 1 fully saturated rings. The van der Waals surface area contributed by atoms with Crippen molar-refractivity contribution in [2.75, 3.05) is 26.0 Å². The van der Waals surface area contributed by atoms with E-state index in [2.05, 4.69) is 16.9 Å². The lowest BCUT2D eigenvalue weighted by Crippen LogP contribution is -2.47. The highest BCUT2D eigenvalue weighted by Crippen LogP contribution is 2.32. The fourth-order valence-corrected chi connectivity index (χ4v) is 3.44. The van der Waals surface area contributed by atoms with Crippen molar-refractivity contribution in [3.8, 4) is 0 Å². The highest BCUT2D eigenvalue weighted by atomic mass is 35.5. The monoisotopic (exact) mass is 342 g/mol. The number of rotatable bonds is 5. The van der Waals surface area contributed by atoms with Crippen molar-refractivity contribution in [3.63, 3.8) is 0 Å². The first-order chi connectivity index (χ1) is 10.5. The second-order valence-electron chi connectivity index (χ2n) is 5.60. The van der Waals surface area contributed by atoms with E-state index in [4.69, 9.17) is 16.3 Å². The Balaban J connectivity index is 1.83. The van der Waals surface area contributed by atoms with Crippen molar-refractivity contribution in [1.29, 1.82) is 0 Å². The summed E-state index contributed by atoms with van der Waals surface area (Å²) in [6, 6.07) is 7.32. The number of benzene rings is 1. The summed E-state index contributed by atoms with van der Waals surface area (Å²) in [5, 5.41) is 6.66. The molecule has 0 aliphatic carbocycles. The minimum absolute atomic E-state index is 0.0582. The molecule has 2 amide bonds. The number of ether oxygens (including phenoxy) is 1. The van der Waals surface area contributed by atoms with Gasteiger partial charge in [-0.1, -0.05) is 23.7 Å². The summed E-state index contributed by atoms with van der Waals surface area (Å²) < 4.78 is 5.51. The Morgan fingerprint density at radius 3 is 2.59 bits per heavy atom. The number of hydrogen-bond donors (Lipinski definition) is 2. The van der Waals surface area contributed by atoms with Crippen molar-refractivity contribution in [2.45, 2.75) is 30.6 Å². The van der Waals surface area contributed by atoms with E-state index in [1.807, 2.05) is 43.0 Å². The lowest BCUT2D eigenvalue weighted by atomic mass is 9.99. The summed E-state index contributed by atoms with van der Waals surface area (Å²) in [5.74, 6) is 0. The molecule has 0 bridgehead atoms. The van der Waals surface area contributed by atoms with Crippen LogP contribution in [0.25, 0.3) is 0 Å². The van der Waals surface area contributed by atoms with Crippen LogP contribution in [0.5, 0.6) is 0 Å². The van der Waals surface area contributed by atoms with E-state index in [9.17, 15) is 4.79 Å². The van der Waals surface area contributed by atoms with Crippen LogP contribution in [-0.4, -0.2) is 36.8 Å². The fraction of sp³-hybridized carbons (Fsp3) is 0.562. The van der Waals surface area contributed by atoms with Crippen LogP contribution >= 0.6 is 23.4 Å². The Morgan fingerprint density at radius 1 is 1.36 bits per heavy atom. The number of carbonyl (C=O) groups excluding carboxylic acids is 1. The summed E-state index contributed by atoms with van der Waals surface area (Å²) in [6.07, 6.45) is 4.05. The van der Waals surface area contributed by atoms with Gasteiger partial charge in [0.05, 0.1) is 6.04 Å². The number of carbonyl (C=O) groups is 1. The van der Waals surface area contributed by atoms with E-state index in [0.717, 1.165) is 31.6 Å². The SMILES string of the molecule is CSC1(CNC(=O)N[C@H](C)c2ccc(Cl)cc2)CCOCC1. The van der Waals surface area contributed by atoms with Gasteiger partial charge in [-0.05, 0) is 43.7 Å². The molecule has 1 aromatic carbocycles. The molecule has 4 nitrogen and oxygen atoms in total. The van der Waals surface area contributed by atoms with Crippen LogP contribution in [0.1, 0.15) is 31.4 Å². The van der Waals surface area contributed by atoms with Crippen LogP contribution < -0.4 is 10.6 Å². The molecule has 6 heteroatoms. The Bertz CT molecular complexity index is 489. The molecule has 1 heterocycles. The molecule has 1 aliphatic heterocycles. The number of nitrogens with one attached hydrogen (secondary N) is 2. The molecule has 1 saturated heterocycles. The molecule has 2 N–H and O–H groups in total. The van der Waals surface area contributed by atoms with E-state index in [1.165, 1.54) is 0 Å². The Morgan fingerprint density at radius 2 is 2.00 bits per heavy atom. The van der Waals surface area contributed by atoms with Gasteiger partial charge in [-0.15, -0.1) is 0 Å². The van der Waals surface area contributed by atoms with Crippen molar-refractivity contribution in [2.24, 2.45) is 0 Å². The molecule has 0 spiro atoms. The quantitative estimate of drug-likeness (QED) is 0.859. The average Bonchev–Trinajstić information content (AvgIpc) is 2.54. The number of urea groups is 1. The van der Waals surface area contributed by atoms with Crippen molar-refractivity contribution in [1.82, 2.24) is 10.6 Å². The van der Waals surface area contributed by atoms with E-state index >= 15 is 0 Å². The fourth-order valence-electron chi connectivity index (χ4n) is 2.52. The topological polar surface area (TPSA) is 50.4 Å². The van der Waals surface area contributed by atoms with Crippen molar-refractivity contribution >= 4 is 29.4 Å². The lowest BCUT2D eigenvalue weighted by molar-refractivity contribution is 0.0777. The van der Waals surface area contributed by atoms with Crippen LogP contribution in [0.2, 0.25) is 5.02 Å². The maximum atomic E-state index is 12.1. The molecule has 2 rings (SSSR count). The first-order valence-corrected chi connectivity index (χ1v) is 9.08. The van der Waals surface area contributed by atoms with Gasteiger partial charge in [-0.3, -0.25) is 0 Å². The second kappa shape index (κ2) is 8.09. The van der Waals surface area contributed by atoms with Crippen LogP contribution in [0.15, 0.2) is 24.3 Å². The normalized spacial score (nSPS) is 18.5. The third kappa shape index (κ3) is 4.80. The summed E-state index contributed by atoms with van der Waals surface area (Å²) in [6.45, 7) is 4.16. The van der Waals surface area contributed by atoms with Gasteiger partial charge in [0, 0.05) is 29.5 Å². The van der Waals surface area contributed by atoms with Gasteiger partial charge in [0.1, 0.15) is 0 Å². The third-order valence-corrected chi connectivity index (χ3v) is 5.80. The van der Waals surface area contributed by atoms with Gasteiger partial charge in [-0.2, -0.15) is 11.8 Å². The van der Waals surface area contributed by atoms with Gasteiger partial charge in [0.25, 0.3) is 0 Å². The zero-order valence-electron chi connectivity index (χ0n) is 13.0. The van der Waals surface area contributed by atoms with Gasteiger partial charge >= 0.3 is 6.03 Å². The molecule has 122 valence electrons. The standard InChI is InChI=1S/C16H23ClN2O2S/c1-12(13-3-5-14(17)6-4-13)19-15(20)18-11-16(22-2)7-9-21-10-8-16/h3-6,12H,7-11H2,1-2H3,(H2,18,19,20)/t12-/m1/s1. The minimum Gasteiger partial charge on any atom is -0.381 e. The first-order valence-electron chi connectivity index (χ1n) is 7.47. The Kier molecular flexibility index (Phi) is 6.41. The largest absolute Gasteiger partial charge is 0.381 e. The van der Waals surface area contributed by atoms with Crippen LogP contribution in [0, 0.1) is 0 Å². The average molecular weight is 343 g/mol. The predicted octanol–water partition coefficient (Wildman–Crippen LogP) is 3.61. The number of thioether (sulfide) groups is 1. The number of hydrogen-bond acceptors (Lipinski definition) is 3. The van der Waals surface area contributed by atoms with E-state index in [0.29, 0.717) is 11.6 Å². The molecule has 1 aromatic rings. The number of amides is 2. The van der Waals surface area contributed by atoms with Crippen molar-refractivity contribution < 1.29 is 9.53 Å². The molecule has 1 aliphatic rings. The minimum atomic E-state index is -0.137. The van der Waals surface area contributed by atoms with Gasteiger partial charge < -0.3 is 15.4 Å². The second-order valence-corrected chi connectivity index (χ2v) is 7.31. The summed E-state index contributed by atoms with van der Waals surface area (Å²) >= 11 is 7.69. The Labute approximate surface area is 141 Å². The van der Waals surface area contributed by atoms with Crippen LogP contribution in [0.3, 0.4) is 0 Å². The number of halogens is 1. The zero-order chi connectivity index (χ0) is 16.0. The van der Waals surface area contributed by atoms with Gasteiger partial charge in [0.15, 0.2) is 0 Å². The zero-order valence-corrected chi connectivity index (χ0v) is 14.6. The maximum absolute atomic E-state index is 12.1. The van der Waals surface area contributed by atoms with E-state index in [1.54, 1.807) is 0 Å². The lowest BCUT2D eigenvalue weighted by Gasteiger charge is -2.35. The molecule has 22 heavy (non-hydrogen) atoms. The third-order valence-electron chi connectivity index (χ3n) is 4.13. The van der Waals surface area contributed by atoms with Crippen molar-refractivity contribution in [3.05, 3.63) is 34.9 Å². The van der Waals surface area contributed by atoms with E-state index < -0.39 is 0 Å². The van der Waals surface area contributed by atoms with Crippen LogP contribution in [-0.2, 0) is 4.74 Å². The highest BCUT2D eigenvalue weighted by Gasteiger charge is 2.32. The van der Waals surface area contributed by atoms with Gasteiger partial charge in [0.2, 0.25) is 0 Å². The predicted molar refractivity (Wildman–Crippen MR) is 92.7 cm³/mol. The smallest absolute Gasteiger partial charge is 0.315 e. The maximum Gasteiger partial charge on any atom is 0.315 e. The molecule has 0 saturated carbocycles. The first kappa shape index (κ1) is 17.4. The van der Waals surface area contributed by atoms with Gasteiger partial charge in [-0.25, -0.2) is 4.79 Å². The molecule has 0 radical (unpaired) electrons. The molecule has 0 unspecified atom stereocenters. The molecule has 1 atom stereocenters. The summed E-state index contributed by atoms with van der Waals surface area (Å²) in [7, 11) is 0. The van der Waals surface area contributed by atoms with E-state index in [-0.39, 0.29) is 16.8 Å². The molecule has 0 aromatic heterocycles. The Hall–Kier alpha value is -0.910. The summed E-state index contributed by atoms with van der Waals surface area (Å²) in [4.78, 5) is 12.1.